The molecule has 0 aliphatic heterocycles. The van der Waals surface area contributed by atoms with Crippen molar-refractivity contribution in [3.8, 4) is 5.75 Å². The van der Waals surface area contributed by atoms with E-state index in [-0.39, 0.29) is 10.9 Å². The van der Waals surface area contributed by atoms with Gasteiger partial charge in [-0.3, -0.25) is 0 Å². The van der Waals surface area contributed by atoms with Gasteiger partial charge in [0.2, 0.25) is 0 Å². The summed E-state index contributed by atoms with van der Waals surface area (Å²) < 4.78 is 5.86. The number of anilines is 2. The number of hydrogen-bond donors (Lipinski definition) is 2. The molecule has 0 aromatic heterocycles. The molecule has 4 nitrogen and oxygen atoms in total. The molecule has 0 saturated carbocycles. The Kier molecular flexibility index (Phi) is 14.5. The molecule has 2 rings (SSSR count). The van der Waals surface area contributed by atoms with E-state index in [1.54, 1.807) is 0 Å². The van der Waals surface area contributed by atoms with Crippen molar-refractivity contribution in [1.82, 2.24) is 0 Å². The van der Waals surface area contributed by atoms with Crippen LogP contribution in [0.15, 0.2) is 48.5 Å². The Balaban J connectivity index is 1.53. The summed E-state index contributed by atoms with van der Waals surface area (Å²) in [6.07, 6.45) is 16.1. The van der Waals surface area contributed by atoms with Crippen molar-refractivity contribution in [3.05, 3.63) is 54.1 Å². The van der Waals surface area contributed by atoms with Gasteiger partial charge in [-0.25, -0.2) is 4.79 Å². The van der Waals surface area contributed by atoms with E-state index in [0.29, 0.717) is 0 Å². The molecule has 0 radical (unpaired) electrons. The number of carbonyl (C=O) groups is 1. The minimum Gasteiger partial charge on any atom is -0.494 e. The first kappa shape index (κ1) is 28.2. The van der Waals surface area contributed by atoms with E-state index in [0.717, 1.165) is 35.7 Å². The van der Waals surface area contributed by atoms with E-state index < -0.39 is 0 Å². The Morgan fingerprint density at radius 1 is 0.794 bits per heavy atom. The van der Waals surface area contributed by atoms with Gasteiger partial charge in [-0.05, 0) is 55.3 Å². The van der Waals surface area contributed by atoms with E-state index in [2.05, 4.69) is 40.4 Å². The van der Waals surface area contributed by atoms with Crippen LogP contribution in [0.3, 0.4) is 0 Å². The van der Waals surface area contributed by atoms with E-state index >= 15 is 0 Å². The molecule has 34 heavy (non-hydrogen) atoms. The summed E-state index contributed by atoms with van der Waals surface area (Å²) in [6.45, 7) is 5.07. The minimum absolute atomic E-state index is 0.236. The summed E-state index contributed by atoms with van der Waals surface area (Å²) >= 11 is 3.55. The van der Waals surface area contributed by atoms with Crippen molar-refractivity contribution in [1.29, 1.82) is 0 Å². The topological polar surface area (TPSA) is 50.4 Å². The monoisotopic (exact) mass is 530 g/mol. The number of nitrogens with one attached hydrogen (secondary N) is 2. The maximum Gasteiger partial charge on any atom is 0.323 e. The van der Waals surface area contributed by atoms with Gasteiger partial charge in [0.05, 0.1) is 6.61 Å². The molecule has 0 fully saturated rings. The van der Waals surface area contributed by atoms with Gasteiger partial charge in [0.1, 0.15) is 5.75 Å². The highest BCUT2D eigenvalue weighted by Crippen LogP contribution is 2.24. The normalized spacial score (nSPS) is 11.7. The van der Waals surface area contributed by atoms with Crippen LogP contribution in [-0.2, 0) is 0 Å². The Morgan fingerprint density at radius 3 is 1.94 bits per heavy atom. The highest BCUT2D eigenvalue weighted by atomic mass is 79.9. The molecule has 0 spiro atoms. The highest BCUT2D eigenvalue weighted by molar-refractivity contribution is 9.09. The van der Waals surface area contributed by atoms with Crippen molar-refractivity contribution >= 4 is 33.3 Å². The molecule has 1 unspecified atom stereocenters. The SMILES string of the molecule is CCCCCCCCCCCCCCOc1ccc(NC(=O)Nc2cccc(C(C)Br)c2)cc1. The second kappa shape index (κ2) is 17.4. The Morgan fingerprint density at radius 2 is 1.35 bits per heavy atom. The number of hydrogen-bond acceptors (Lipinski definition) is 2. The number of alkyl halides is 1. The van der Waals surface area contributed by atoms with Gasteiger partial charge in [0, 0.05) is 16.2 Å². The molecule has 2 aromatic rings. The molecule has 0 bridgehead atoms. The van der Waals surface area contributed by atoms with Crippen LogP contribution in [-0.4, -0.2) is 12.6 Å². The predicted octanol–water partition coefficient (Wildman–Crippen LogP) is 9.87. The van der Waals surface area contributed by atoms with Gasteiger partial charge < -0.3 is 15.4 Å². The van der Waals surface area contributed by atoms with Crippen molar-refractivity contribution < 1.29 is 9.53 Å². The molecule has 2 amide bonds. The fourth-order valence-electron chi connectivity index (χ4n) is 3.92. The Labute approximate surface area is 215 Å². The van der Waals surface area contributed by atoms with Crippen LogP contribution in [0.5, 0.6) is 5.75 Å². The van der Waals surface area contributed by atoms with Crippen molar-refractivity contribution in [2.75, 3.05) is 17.2 Å². The van der Waals surface area contributed by atoms with E-state index in [9.17, 15) is 4.79 Å². The molecule has 2 aromatic carbocycles. The maximum absolute atomic E-state index is 12.3. The van der Waals surface area contributed by atoms with Crippen LogP contribution in [0.1, 0.15) is 101 Å². The van der Waals surface area contributed by atoms with Gasteiger partial charge in [0.15, 0.2) is 0 Å². The van der Waals surface area contributed by atoms with Crippen LogP contribution in [0, 0.1) is 0 Å². The molecule has 0 saturated heterocycles. The summed E-state index contributed by atoms with van der Waals surface area (Å²) in [4.78, 5) is 12.5. The van der Waals surface area contributed by atoms with Crippen LogP contribution < -0.4 is 15.4 Å². The third-order valence-electron chi connectivity index (χ3n) is 5.98. The molecule has 0 aliphatic carbocycles. The lowest BCUT2D eigenvalue weighted by Gasteiger charge is -2.11. The number of carbonyl (C=O) groups excluding carboxylic acids is 1. The molecule has 1 atom stereocenters. The van der Waals surface area contributed by atoms with Crippen LogP contribution in [0.2, 0.25) is 0 Å². The third kappa shape index (κ3) is 12.5. The maximum atomic E-state index is 12.3. The first-order valence-corrected chi connectivity index (χ1v) is 14.0. The predicted molar refractivity (Wildman–Crippen MR) is 149 cm³/mol. The zero-order valence-corrected chi connectivity index (χ0v) is 22.7. The average molecular weight is 532 g/mol. The Bertz CT molecular complexity index is 808. The van der Waals surface area contributed by atoms with Crippen molar-refractivity contribution in [3.63, 3.8) is 0 Å². The number of rotatable bonds is 17. The highest BCUT2D eigenvalue weighted by Gasteiger charge is 2.06. The van der Waals surface area contributed by atoms with Crippen LogP contribution in [0.25, 0.3) is 0 Å². The number of unbranched alkanes of at least 4 members (excludes halogenated alkanes) is 11. The lowest BCUT2D eigenvalue weighted by atomic mass is 10.1. The molecular weight excluding hydrogens is 488 g/mol. The number of amides is 2. The third-order valence-corrected chi connectivity index (χ3v) is 6.51. The van der Waals surface area contributed by atoms with Crippen molar-refractivity contribution in [2.45, 2.75) is 95.7 Å². The van der Waals surface area contributed by atoms with Crippen LogP contribution in [0.4, 0.5) is 16.2 Å². The largest absolute Gasteiger partial charge is 0.494 e. The minimum atomic E-state index is -0.260. The summed E-state index contributed by atoms with van der Waals surface area (Å²) in [5.74, 6) is 0.841. The number of ether oxygens (including phenoxy) is 1. The molecule has 0 aliphatic rings. The fourth-order valence-corrected chi connectivity index (χ4v) is 4.21. The summed E-state index contributed by atoms with van der Waals surface area (Å²) in [6, 6.07) is 15.1. The molecule has 2 N–H and O–H groups in total. The first-order valence-electron chi connectivity index (χ1n) is 13.1. The van der Waals surface area contributed by atoms with Crippen LogP contribution >= 0.6 is 15.9 Å². The quantitative estimate of drug-likeness (QED) is 0.158. The lowest BCUT2D eigenvalue weighted by molar-refractivity contribution is 0.262. The molecule has 188 valence electrons. The van der Waals surface area contributed by atoms with Gasteiger partial charge in [-0.15, -0.1) is 0 Å². The molecule has 0 heterocycles. The first-order chi connectivity index (χ1) is 16.6. The zero-order chi connectivity index (χ0) is 24.4. The smallest absolute Gasteiger partial charge is 0.323 e. The summed E-state index contributed by atoms with van der Waals surface area (Å²) in [7, 11) is 0. The van der Waals surface area contributed by atoms with Crippen molar-refractivity contribution in [2.24, 2.45) is 0 Å². The second-order valence-electron chi connectivity index (χ2n) is 9.08. The number of benzene rings is 2. The summed E-state index contributed by atoms with van der Waals surface area (Å²) in [5, 5.41) is 5.74. The lowest BCUT2D eigenvalue weighted by Crippen LogP contribution is -2.19. The fraction of sp³-hybridized carbons (Fsp3) is 0.552. The Hall–Kier alpha value is -2.01. The standard InChI is InChI=1S/C29H43BrN2O2/c1-3-4-5-6-7-8-9-10-11-12-13-14-22-34-28-20-18-26(19-21-28)31-29(33)32-27-17-15-16-25(23-27)24(2)30/h15-21,23-24H,3-14,22H2,1-2H3,(H2,31,32,33). The van der Waals surface area contributed by atoms with E-state index in [1.165, 1.54) is 70.6 Å². The zero-order valence-electron chi connectivity index (χ0n) is 21.1. The number of halogens is 1. The van der Waals surface area contributed by atoms with E-state index in [4.69, 9.17) is 4.74 Å². The van der Waals surface area contributed by atoms with Gasteiger partial charge in [-0.1, -0.05) is 106 Å². The van der Waals surface area contributed by atoms with Gasteiger partial charge in [-0.2, -0.15) is 0 Å². The van der Waals surface area contributed by atoms with E-state index in [1.807, 2.05) is 48.5 Å². The summed E-state index contributed by atoms with van der Waals surface area (Å²) in [5.41, 5.74) is 2.62. The second-order valence-corrected chi connectivity index (χ2v) is 10.5. The van der Waals surface area contributed by atoms with Gasteiger partial charge >= 0.3 is 6.03 Å². The van der Waals surface area contributed by atoms with Gasteiger partial charge in [0.25, 0.3) is 0 Å². The molecular formula is C29H43BrN2O2. The average Bonchev–Trinajstić information content (AvgIpc) is 2.83. The molecule has 5 heteroatoms. The number of urea groups is 1.